The van der Waals surface area contributed by atoms with Crippen LogP contribution in [0.4, 0.5) is 0 Å². The van der Waals surface area contributed by atoms with Gasteiger partial charge in [0.05, 0.1) is 13.2 Å². The lowest BCUT2D eigenvalue weighted by molar-refractivity contribution is -0.00835. The molecule has 1 unspecified atom stereocenters. The summed E-state index contributed by atoms with van der Waals surface area (Å²) in [4.78, 5) is 9.46. The molecule has 1 atom stereocenters. The Morgan fingerprint density at radius 2 is 2.07 bits per heavy atom. The number of guanidine groups is 1. The van der Waals surface area contributed by atoms with Crippen molar-refractivity contribution in [2.75, 3.05) is 39.8 Å². The van der Waals surface area contributed by atoms with Gasteiger partial charge >= 0.3 is 0 Å². The Kier molecular flexibility index (Phi) is 8.82. The van der Waals surface area contributed by atoms with Gasteiger partial charge in [-0.1, -0.05) is 24.3 Å². The summed E-state index contributed by atoms with van der Waals surface area (Å²) in [6, 6.07) is 9.92. The highest BCUT2D eigenvalue weighted by Crippen LogP contribution is 2.28. The second-order valence-electron chi connectivity index (χ2n) is 7.70. The maximum atomic E-state index is 6.05. The van der Waals surface area contributed by atoms with E-state index in [1.165, 1.54) is 24.0 Å². The van der Waals surface area contributed by atoms with Crippen LogP contribution in [0.2, 0.25) is 0 Å². The molecule has 1 heterocycles. The minimum absolute atomic E-state index is 0. The Labute approximate surface area is 181 Å². The number of morpholine rings is 1. The zero-order valence-corrected chi connectivity index (χ0v) is 19.5. The van der Waals surface area contributed by atoms with E-state index < -0.39 is 0 Å². The number of hydrogen-bond donors (Lipinski definition) is 1. The highest BCUT2D eigenvalue weighted by atomic mass is 127. The van der Waals surface area contributed by atoms with Gasteiger partial charge < -0.3 is 15.0 Å². The third-order valence-corrected chi connectivity index (χ3v) is 5.45. The third kappa shape index (κ3) is 6.06. The fourth-order valence-electron chi connectivity index (χ4n) is 3.88. The molecule has 0 spiro atoms. The predicted octanol–water partition coefficient (Wildman–Crippen LogP) is 3.43. The van der Waals surface area contributed by atoms with Crippen molar-refractivity contribution in [3.63, 3.8) is 0 Å². The first-order valence-electron chi connectivity index (χ1n) is 9.98. The van der Waals surface area contributed by atoms with E-state index in [0.29, 0.717) is 6.04 Å². The van der Waals surface area contributed by atoms with E-state index >= 15 is 0 Å². The van der Waals surface area contributed by atoms with E-state index in [1.54, 1.807) is 0 Å². The quantitative estimate of drug-likeness (QED) is 0.380. The van der Waals surface area contributed by atoms with Crippen LogP contribution in [0.15, 0.2) is 29.3 Å². The number of benzene rings is 1. The smallest absolute Gasteiger partial charge is 0.193 e. The molecule has 1 aliphatic carbocycles. The molecule has 5 nitrogen and oxygen atoms in total. The summed E-state index contributed by atoms with van der Waals surface area (Å²) in [7, 11) is 1.88. The van der Waals surface area contributed by atoms with Gasteiger partial charge in [0.1, 0.15) is 6.10 Å². The van der Waals surface area contributed by atoms with Gasteiger partial charge in [0.25, 0.3) is 0 Å². The van der Waals surface area contributed by atoms with Gasteiger partial charge in [-0.05, 0) is 44.7 Å². The minimum Gasteiger partial charge on any atom is -0.370 e. The van der Waals surface area contributed by atoms with E-state index in [-0.39, 0.29) is 30.1 Å². The fraction of sp³-hybridized carbons (Fsp3) is 0.667. The average Bonchev–Trinajstić information content (AvgIpc) is 3.47. The molecule has 1 aromatic rings. The maximum absolute atomic E-state index is 6.05. The standard InChI is InChI=1S/C21H34N4O.HI/c1-16(2)25(18-9-10-18)12-11-23-21(22-4)24-13-14-26-20(15-24)19-8-6-5-7-17(19)3;/h5-8,16,18,20H,9-15H2,1-4H3,(H,22,23);1H. The largest absolute Gasteiger partial charge is 0.370 e. The van der Waals surface area contributed by atoms with Gasteiger partial charge in [0, 0.05) is 38.8 Å². The molecule has 1 aromatic carbocycles. The molecule has 6 heteroatoms. The molecular weight excluding hydrogens is 451 g/mol. The Morgan fingerprint density at radius 1 is 1.33 bits per heavy atom. The van der Waals surface area contributed by atoms with Gasteiger partial charge in [0.2, 0.25) is 0 Å². The van der Waals surface area contributed by atoms with E-state index in [0.717, 1.165) is 44.8 Å². The van der Waals surface area contributed by atoms with Crippen LogP contribution in [0, 0.1) is 6.92 Å². The SMILES string of the molecule is CN=C(NCCN(C(C)C)C1CC1)N1CCOC(c2ccccc2C)C1.I. The number of hydrogen-bond acceptors (Lipinski definition) is 3. The number of ether oxygens (including phenoxy) is 1. The van der Waals surface area contributed by atoms with Crippen LogP contribution in [0.25, 0.3) is 0 Å². The number of aliphatic imine (C=N–C) groups is 1. The van der Waals surface area contributed by atoms with E-state index in [2.05, 4.69) is 65.1 Å². The Hall–Kier alpha value is -0.860. The number of nitrogens with one attached hydrogen (secondary N) is 1. The van der Waals surface area contributed by atoms with Crippen molar-refractivity contribution < 1.29 is 4.74 Å². The molecule has 0 amide bonds. The van der Waals surface area contributed by atoms with Crippen molar-refractivity contribution in [1.29, 1.82) is 0 Å². The predicted molar refractivity (Wildman–Crippen MR) is 123 cm³/mol. The molecule has 152 valence electrons. The minimum atomic E-state index is 0. The average molecular weight is 486 g/mol. The summed E-state index contributed by atoms with van der Waals surface area (Å²) >= 11 is 0. The molecular formula is C21H35IN4O. The maximum Gasteiger partial charge on any atom is 0.193 e. The highest BCUT2D eigenvalue weighted by molar-refractivity contribution is 14.0. The Morgan fingerprint density at radius 3 is 2.70 bits per heavy atom. The van der Waals surface area contributed by atoms with Crippen molar-refractivity contribution in [2.24, 2.45) is 4.99 Å². The van der Waals surface area contributed by atoms with E-state index in [9.17, 15) is 0 Å². The number of nitrogens with zero attached hydrogens (tertiary/aromatic N) is 3. The van der Waals surface area contributed by atoms with Crippen LogP contribution in [0.1, 0.15) is 43.9 Å². The van der Waals surface area contributed by atoms with Gasteiger partial charge in [-0.25, -0.2) is 0 Å². The van der Waals surface area contributed by atoms with Gasteiger partial charge in [0.15, 0.2) is 5.96 Å². The molecule has 3 rings (SSSR count). The summed E-state index contributed by atoms with van der Waals surface area (Å²) in [6.07, 6.45) is 2.82. The van der Waals surface area contributed by atoms with Crippen molar-refractivity contribution in [3.8, 4) is 0 Å². The van der Waals surface area contributed by atoms with Crippen LogP contribution in [-0.2, 0) is 4.74 Å². The summed E-state index contributed by atoms with van der Waals surface area (Å²) < 4.78 is 6.05. The number of rotatable bonds is 6. The molecule has 0 aromatic heterocycles. The van der Waals surface area contributed by atoms with Crippen LogP contribution in [0.3, 0.4) is 0 Å². The summed E-state index contributed by atoms with van der Waals surface area (Å²) in [5, 5.41) is 3.57. The summed E-state index contributed by atoms with van der Waals surface area (Å²) in [5.41, 5.74) is 2.58. The molecule has 27 heavy (non-hydrogen) atoms. The number of halogens is 1. The van der Waals surface area contributed by atoms with Gasteiger partial charge in [-0.15, -0.1) is 24.0 Å². The Bertz CT molecular complexity index is 616. The zero-order valence-electron chi connectivity index (χ0n) is 17.1. The van der Waals surface area contributed by atoms with Crippen LogP contribution in [-0.4, -0.2) is 67.7 Å². The first kappa shape index (κ1) is 22.4. The molecule has 2 fully saturated rings. The molecule has 0 bridgehead atoms. The molecule has 1 aliphatic heterocycles. The van der Waals surface area contributed by atoms with Crippen LogP contribution >= 0.6 is 24.0 Å². The lowest BCUT2D eigenvalue weighted by Gasteiger charge is -2.36. The monoisotopic (exact) mass is 486 g/mol. The lowest BCUT2D eigenvalue weighted by atomic mass is 10.0. The van der Waals surface area contributed by atoms with E-state index in [1.807, 2.05) is 7.05 Å². The first-order valence-corrected chi connectivity index (χ1v) is 9.98. The molecule has 1 saturated heterocycles. The second kappa shape index (κ2) is 10.6. The van der Waals surface area contributed by atoms with Crippen molar-refractivity contribution in [1.82, 2.24) is 15.1 Å². The lowest BCUT2D eigenvalue weighted by Crippen LogP contribution is -2.50. The Balaban J connectivity index is 0.00000261. The molecule has 1 saturated carbocycles. The normalized spacial score (nSPS) is 20.7. The summed E-state index contributed by atoms with van der Waals surface area (Å²) in [6.45, 7) is 11.2. The van der Waals surface area contributed by atoms with Crippen molar-refractivity contribution in [3.05, 3.63) is 35.4 Å². The van der Waals surface area contributed by atoms with E-state index in [4.69, 9.17) is 4.74 Å². The molecule has 1 N–H and O–H groups in total. The zero-order chi connectivity index (χ0) is 18.5. The summed E-state index contributed by atoms with van der Waals surface area (Å²) in [5.74, 6) is 0.992. The first-order chi connectivity index (χ1) is 12.6. The topological polar surface area (TPSA) is 40.1 Å². The van der Waals surface area contributed by atoms with Crippen LogP contribution in [0.5, 0.6) is 0 Å². The highest BCUT2D eigenvalue weighted by Gasteiger charge is 2.30. The number of aryl methyl sites for hydroxylation is 1. The van der Waals surface area contributed by atoms with Crippen molar-refractivity contribution >= 4 is 29.9 Å². The molecule has 0 radical (unpaired) electrons. The third-order valence-electron chi connectivity index (χ3n) is 5.45. The van der Waals surface area contributed by atoms with Crippen molar-refractivity contribution in [2.45, 2.75) is 51.8 Å². The fourth-order valence-corrected chi connectivity index (χ4v) is 3.88. The van der Waals surface area contributed by atoms with Gasteiger partial charge in [-0.3, -0.25) is 9.89 Å². The van der Waals surface area contributed by atoms with Gasteiger partial charge in [-0.2, -0.15) is 0 Å². The second-order valence-corrected chi connectivity index (χ2v) is 7.70. The van der Waals surface area contributed by atoms with Crippen LogP contribution < -0.4 is 5.32 Å². The molecule has 2 aliphatic rings.